The van der Waals surface area contributed by atoms with E-state index in [1.54, 1.807) is 0 Å². The summed E-state index contributed by atoms with van der Waals surface area (Å²) in [5.41, 5.74) is 5.93. The van der Waals surface area contributed by atoms with Gasteiger partial charge in [-0.15, -0.1) is 0 Å². The summed E-state index contributed by atoms with van der Waals surface area (Å²) in [4.78, 5) is 2.45. The summed E-state index contributed by atoms with van der Waals surface area (Å²) in [7, 11) is 0. The Bertz CT molecular complexity index is 321. The minimum atomic E-state index is 0.384. The predicted octanol–water partition coefficient (Wildman–Crippen LogP) is 1.90. The van der Waals surface area contributed by atoms with Crippen molar-refractivity contribution in [3.63, 3.8) is 0 Å². The van der Waals surface area contributed by atoms with Crippen LogP contribution in [0.15, 0.2) is 16.5 Å². The van der Waals surface area contributed by atoms with Gasteiger partial charge in [0.15, 0.2) is 0 Å². The number of nitrogens with zero attached hydrogens (tertiary/aromatic N) is 1. The second kappa shape index (κ2) is 4.37. The number of rotatable bonds is 2. The fraction of sp³-hybridized carbons (Fsp3) is 0.667. The van der Waals surface area contributed by atoms with Crippen molar-refractivity contribution in [1.82, 2.24) is 4.90 Å². The van der Waals surface area contributed by atoms with Gasteiger partial charge >= 0.3 is 0 Å². The van der Waals surface area contributed by atoms with Gasteiger partial charge in [0.1, 0.15) is 11.5 Å². The monoisotopic (exact) mass is 208 g/mol. The number of hydrogen-bond acceptors (Lipinski definition) is 3. The fourth-order valence-electron chi connectivity index (χ4n) is 2.26. The average Bonchev–Trinajstić information content (AvgIpc) is 2.56. The first-order valence-corrected chi connectivity index (χ1v) is 5.70. The van der Waals surface area contributed by atoms with E-state index in [0.717, 1.165) is 37.5 Å². The summed E-state index contributed by atoms with van der Waals surface area (Å²) >= 11 is 0. The van der Waals surface area contributed by atoms with E-state index in [4.69, 9.17) is 10.2 Å². The lowest BCUT2D eigenvalue weighted by Gasteiger charge is -2.35. The zero-order valence-corrected chi connectivity index (χ0v) is 9.57. The number of piperidine rings is 1. The SMILES string of the molecule is Cc1ccc(CN2CCC(N)CC2C)o1. The molecule has 1 aromatic rings. The molecule has 0 bridgehead atoms. The number of furan rings is 1. The summed E-state index contributed by atoms with van der Waals surface area (Å²) in [6.45, 7) is 6.23. The van der Waals surface area contributed by atoms with Gasteiger partial charge in [0.25, 0.3) is 0 Å². The van der Waals surface area contributed by atoms with E-state index >= 15 is 0 Å². The standard InChI is InChI=1S/C12H20N2O/c1-9-7-11(13)5-6-14(9)8-12-4-3-10(2)15-12/h3-4,9,11H,5-8,13H2,1-2H3. The van der Waals surface area contributed by atoms with Gasteiger partial charge < -0.3 is 10.2 Å². The quantitative estimate of drug-likeness (QED) is 0.807. The summed E-state index contributed by atoms with van der Waals surface area (Å²) < 4.78 is 5.59. The molecule has 3 heteroatoms. The van der Waals surface area contributed by atoms with Crippen molar-refractivity contribution < 1.29 is 4.42 Å². The minimum absolute atomic E-state index is 0.384. The number of likely N-dealkylation sites (tertiary alicyclic amines) is 1. The molecule has 2 rings (SSSR count). The number of hydrogen-bond donors (Lipinski definition) is 1. The molecule has 1 fully saturated rings. The maximum Gasteiger partial charge on any atom is 0.118 e. The molecule has 0 spiro atoms. The molecular weight excluding hydrogens is 188 g/mol. The van der Waals surface area contributed by atoms with Crippen LogP contribution in [0.2, 0.25) is 0 Å². The van der Waals surface area contributed by atoms with Gasteiger partial charge in [-0.25, -0.2) is 0 Å². The molecule has 0 radical (unpaired) electrons. The smallest absolute Gasteiger partial charge is 0.118 e. The maximum atomic E-state index is 5.93. The molecule has 0 saturated carbocycles. The van der Waals surface area contributed by atoms with Crippen molar-refractivity contribution in [2.24, 2.45) is 5.73 Å². The molecule has 2 heterocycles. The van der Waals surface area contributed by atoms with Gasteiger partial charge in [0, 0.05) is 18.6 Å². The molecule has 1 aromatic heterocycles. The third-order valence-electron chi connectivity index (χ3n) is 3.21. The largest absolute Gasteiger partial charge is 0.465 e. The van der Waals surface area contributed by atoms with Crippen LogP contribution in [-0.2, 0) is 6.54 Å². The van der Waals surface area contributed by atoms with Gasteiger partial charge in [-0.3, -0.25) is 4.90 Å². The molecule has 84 valence electrons. The molecule has 2 atom stereocenters. The normalized spacial score (nSPS) is 28.2. The highest BCUT2D eigenvalue weighted by Crippen LogP contribution is 2.19. The van der Waals surface area contributed by atoms with Crippen molar-refractivity contribution in [2.75, 3.05) is 6.54 Å². The summed E-state index contributed by atoms with van der Waals surface area (Å²) in [6, 6.07) is 5.04. The van der Waals surface area contributed by atoms with Crippen LogP contribution in [0, 0.1) is 6.92 Å². The van der Waals surface area contributed by atoms with Crippen LogP contribution in [-0.4, -0.2) is 23.5 Å². The molecule has 3 nitrogen and oxygen atoms in total. The first-order chi connectivity index (χ1) is 7.15. The van der Waals surface area contributed by atoms with E-state index in [0.29, 0.717) is 12.1 Å². The molecule has 1 aliphatic rings. The summed E-state index contributed by atoms with van der Waals surface area (Å²) in [5.74, 6) is 2.06. The van der Waals surface area contributed by atoms with Gasteiger partial charge in [-0.1, -0.05) is 0 Å². The highest BCUT2D eigenvalue weighted by molar-refractivity contribution is 5.05. The van der Waals surface area contributed by atoms with Crippen LogP contribution < -0.4 is 5.73 Å². The van der Waals surface area contributed by atoms with Crippen molar-refractivity contribution in [3.8, 4) is 0 Å². The Balaban J connectivity index is 1.94. The Morgan fingerprint density at radius 1 is 1.53 bits per heavy atom. The topological polar surface area (TPSA) is 42.4 Å². The van der Waals surface area contributed by atoms with Crippen LogP contribution in [0.5, 0.6) is 0 Å². The Morgan fingerprint density at radius 3 is 2.93 bits per heavy atom. The van der Waals surface area contributed by atoms with Crippen LogP contribution in [0.1, 0.15) is 31.3 Å². The van der Waals surface area contributed by atoms with Crippen LogP contribution >= 0.6 is 0 Å². The predicted molar refractivity (Wildman–Crippen MR) is 60.5 cm³/mol. The minimum Gasteiger partial charge on any atom is -0.465 e. The van der Waals surface area contributed by atoms with E-state index in [1.165, 1.54) is 0 Å². The summed E-state index contributed by atoms with van der Waals surface area (Å²) in [5, 5.41) is 0. The zero-order chi connectivity index (χ0) is 10.8. The number of aryl methyl sites for hydroxylation is 1. The lowest BCUT2D eigenvalue weighted by atomic mass is 9.99. The third-order valence-corrected chi connectivity index (χ3v) is 3.21. The Hall–Kier alpha value is -0.800. The van der Waals surface area contributed by atoms with E-state index in [2.05, 4.69) is 17.9 Å². The van der Waals surface area contributed by atoms with Gasteiger partial charge in [0.05, 0.1) is 6.54 Å². The molecule has 15 heavy (non-hydrogen) atoms. The van der Waals surface area contributed by atoms with Crippen molar-refractivity contribution in [3.05, 3.63) is 23.7 Å². The molecule has 1 saturated heterocycles. The lowest BCUT2D eigenvalue weighted by molar-refractivity contribution is 0.130. The Morgan fingerprint density at radius 2 is 2.33 bits per heavy atom. The fourth-order valence-corrected chi connectivity index (χ4v) is 2.26. The van der Waals surface area contributed by atoms with E-state index in [-0.39, 0.29) is 0 Å². The molecule has 0 aliphatic carbocycles. The van der Waals surface area contributed by atoms with Gasteiger partial charge in [-0.05, 0) is 38.8 Å². The van der Waals surface area contributed by atoms with E-state index in [9.17, 15) is 0 Å². The second-order valence-corrected chi connectivity index (χ2v) is 4.62. The molecular formula is C12H20N2O. The Labute approximate surface area is 91.2 Å². The highest BCUT2D eigenvalue weighted by Gasteiger charge is 2.23. The van der Waals surface area contributed by atoms with Crippen LogP contribution in [0.4, 0.5) is 0 Å². The average molecular weight is 208 g/mol. The van der Waals surface area contributed by atoms with Gasteiger partial charge in [-0.2, -0.15) is 0 Å². The van der Waals surface area contributed by atoms with Crippen LogP contribution in [0.25, 0.3) is 0 Å². The van der Waals surface area contributed by atoms with Crippen molar-refractivity contribution >= 4 is 0 Å². The molecule has 2 unspecified atom stereocenters. The highest BCUT2D eigenvalue weighted by atomic mass is 16.3. The van der Waals surface area contributed by atoms with Crippen molar-refractivity contribution in [1.29, 1.82) is 0 Å². The second-order valence-electron chi connectivity index (χ2n) is 4.62. The maximum absolute atomic E-state index is 5.93. The van der Waals surface area contributed by atoms with Crippen molar-refractivity contribution in [2.45, 2.75) is 45.3 Å². The number of nitrogens with two attached hydrogens (primary N) is 1. The third kappa shape index (κ3) is 2.61. The van der Waals surface area contributed by atoms with E-state index < -0.39 is 0 Å². The van der Waals surface area contributed by atoms with Gasteiger partial charge in [0.2, 0.25) is 0 Å². The molecule has 1 aliphatic heterocycles. The first-order valence-electron chi connectivity index (χ1n) is 5.70. The lowest BCUT2D eigenvalue weighted by Crippen LogP contribution is -2.44. The Kier molecular flexibility index (Phi) is 3.12. The molecule has 0 aromatic carbocycles. The van der Waals surface area contributed by atoms with E-state index in [1.807, 2.05) is 13.0 Å². The summed E-state index contributed by atoms with van der Waals surface area (Å²) in [6.07, 6.45) is 2.20. The zero-order valence-electron chi connectivity index (χ0n) is 9.57. The first kappa shape index (κ1) is 10.7. The van der Waals surface area contributed by atoms with Crippen LogP contribution in [0.3, 0.4) is 0 Å². The molecule has 0 amide bonds. The molecule has 2 N–H and O–H groups in total.